The molecule has 85 heavy (non-hydrogen) atoms. The lowest BCUT2D eigenvalue weighted by molar-refractivity contribution is -0.115. The zero-order valence-electron chi connectivity index (χ0n) is 50.6. The van der Waals surface area contributed by atoms with Crippen LogP contribution in [0.1, 0.15) is 77.4 Å². The van der Waals surface area contributed by atoms with Gasteiger partial charge in [-0.2, -0.15) is 0 Å². The van der Waals surface area contributed by atoms with Crippen LogP contribution in [0.5, 0.6) is 11.5 Å². The fourth-order valence-electron chi connectivity index (χ4n) is 10.5. The van der Waals surface area contributed by atoms with E-state index < -0.39 is 6.03 Å². The minimum Gasteiger partial charge on any atom is -0.492 e. The molecule has 0 spiro atoms. The molecule has 2 aliphatic heterocycles. The summed E-state index contributed by atoms with van der Waals surface area (Å²) in [6.07, 6.45) is 4.18. The molecule has 2 saturated heterocycles. The molecular formula is C68H80N10O7. The van der Waals surface area contributed by atoms with Gasteiger partial charge < -0.3 is 50.8 Å². The first kappa shape index (κ1) is 61.0. The van der Waals surface area contributed by atoms with Crippen LogP contribution < -0.4 is 41.4 Å². The predicted octanol–water partition coefficient (Wildman–Crippen LogP) is 13.8. The molecule has 6 N–H and O–H groups in total. The SMILES string of the molecule is CCC(=O)Nc1cc(C(C)(C)C)cc(NC(=O)Nc2ccc(-c3ccc(CN4CCOCC4)nc3)c3ccccc23)c1OC.CNc1cc(C(C)(C)C)cc(NC(=O)Nc2ccc(-c3ccc(CN4CCOCC4)nc3)c3ccccc23)c1OC. The monoisotopic (exact) mass is 1150 g/mol. The summed E-state index contributed by atoms with van der Waals surface area (Å²) in [4.78, 5) is 53.2. The van der Waals surface area contributed by atoms with E-state index in [1.165, 1.54) is 7.11 Å². The van der Waals surface area contributed by atoms with E-state index in [1.54, 1.807) is 14.0 Å². The van der Waals surface area contributed by atoms with Gasteiger partial charge in [-0.05, 0) is 92.4 Å². The van der Waals surface area contributed by atoms with Crippen LogP contribution in [0.25, 0.3) is 43.8 Å². The van der Waals surface area contributed by atoms with Crippen molar-refractivity contribution in [3.63, 3.8) is 0 Å². The van der Waals surface area contributed by atoms with E-state index >= 15 is 0 Å². The number of anilines is 6. The Morgan fingerprint density at radius 1 is 0.494 bits per heavy atom. The van der Waals surface area contributed by atoms with Crippen LogP contribution in [-0.2, 0) is 38.2 Å². The summed E-state index contributed by atoms with van der Waals surface area (Å²) in [7, 11) is 4.97. The van der Waals surface area contributed by atoms with Gasteiger partial charge in [0.2, 0.25) is 5.91 Å². The summed E-state index contributed by atoms with van der Waals surface area (Å²) in [5, 5.41) is 22.0. The summed E-state index contributed by atoms with van der Waals surface area (Å²) < 4.78 is 22.2. The van der Waals surface area contributed by atoms with Gasteiger partial charge in [-0.3, -0.25) is 24.6 Å². The van der Waals surface area contributed by atoms with Gasteiger partial charge in [0, 0.05) is 87.0 Å². The van der Waals surface area contributed by atoms with Crippen molar-refractivity contribution in [1.82, 2.24) is 19.8 Å². The average molecular weight is 1150 g/mol. The lowest BCUT2D eigenvalue weighted by atomic mass is 9.86. The molecule has 4 heterocycles. The molecule has 5 amide bonds. The third kappa shape index (κ3) is 15.2. The summed E-state index contributed by atoms with van der Waals surface area (Å²) >= 11 is 0. The Bertz CT molecular complexity index is 3640. The number of nitrogens with one attached hydrogen (secondary N) is 6. The number of benzene rings is 6. The molecule has 2 aromatic heterocycles. The molecule has 0 atom stereocenters. The zero-order chi connectivity index (χ0) is 60.3. The number of carbonyl (C=O) groups excluding carboxylic acids is 3. The van der Waals surface area contributed by atoms with E-state index in [-0.39, 0.29) is 22.8 Å². The first-order valence-corrected chi connectivity index (χ1v) is 29.1. The molecule has 0 aliphatic carbocycles. The highest BCUT2D eigenvalue weighted by Crippen LogP contribution is 2.41. The van der Waals surface area contributed by atoms with E-state index in [4.69, 9.17) is 28.9 Å². The molecule has 17 heteroatoms. The second-order valence-electron chi connectivity index (χ2n) is 23.3. The number of ether oxygens (including phenoxy) is 4. The molecular weight excluding hydrogens is 1070 g/mol. The Labute approximate surface area is 499 Å². The second-order valence-corrected chi connectivity index (χ2v) is 23.3. The molecule has 6 aromatic carbocycles. The maximum absolute atomic E-state index is 13.4. The smallest absolute Gasteiger partial charge is 0.323 e. The molecule has 2 aliphatic rings. The Balaban J connectivity index is 0.000000204. The Kier molecular flexibility index (Phi) is 19.7. The summed E-state index contributed by atoms with van der Waals surface area (Å²) in [6.45, 7) is 22.8. The Morgan fingerprint density at radius 3 is 1.24 bits per heavy atom. The summed E-state index contributed by atoms with van der Waals surface area (Å²) in [5.74, 6) is 0.832. The summed E-state index contributed by atoms with van der Waals surface area (Å²) in [6, 6.07) is 39.4. The molecule has 8 aromatic rings. The quantitative estimate of drug-likeness (QED) is 0.0570. The molecule has 10 rings (SSSR count). The minimum absolute atomic E-state index is 0.105. The zero-order valence-corrected chi connectivity index (χ0v) is 50.6. The van der Waals surface area contributed by atoms with Crippen molar-refractivity contribution in [3.8, 4) is 33.8 Å². The van der Waals surface area contributed by atoms with Crippen molar-refractivity contribution in [3.05, 3.63) is 156 Å². The third-order valence-corrected chi connectivity index (χ3v) is 15.3. The molecule has 2 fully saturated rings. The number of rotatable bonds is 15. The molecule has 0 bridgehead atoms. The number of aromatic nitrogens is 2. The largest absolute Gasteiger partial charge is 0.492 e. The van der Waals surface area contributed by atoms with Crippen LogP contribution in [0.4, 0.5) is 43.7 Å². The number of pyridine rings is 2. The van der Waals surface area contributed by atoms with Crippen LogP contribution in [0.2, 0.25) is 0 Å². The standard InChI is InChI=1S/C35H41N5O4.C33H39N5O3/c1-6-32(41)37-30-19-24(35(2,3)4)20-31(33(30)43-5)39-34(42)38-29-14-13-26(27-9-7-8-10-28(27)29)23-11-12-25(36-21-23)22-40-15-17-44-18-16-40;1-33(2,3)23-18-29(34-4)31(40-5)30(19-23)37-32(39)36-28-13-12-25(26-8-6-7-9-27(26)28)22-10-11-24(35-20-22)21-38-14-16-41-17-15-38/h7-14,19-21H,6,15-18,22H2,1-5H3,(H,37,41)(H2,38,39,42);6-13,18-20,34H,14-17,21H2,1-5H3,(H2,36,37,39). The van der Waals surface area contributed by atoms with Gasteiger partial charge in [0.1, 0.15) is 0 Å². The molecule has 0 radical (unpaired) electrons. The van der Waals surface area contributed by atoms with Gasteiger partial charge in [0.15, 0.2) is 11.5 Å². The van der Waals surface area contributed by atoms with Gasteiger partial charge in [-0.15, -0.1) is 0 Å². The number of morpholine rings is 2. The average Bonchev–Trinajstić information content (AvgIpc) is 3.57. The first-order chi connectivity index (χ1) is 40.9. The van der Waals surface area contributed by atoms with Gasteiger partial charge in [0.05, 0.1) is 86.2 Å². The van der Waals surface area contributed by atoms with Crippen molar-refractivity contribution < 1.29 is 33.3 Å². The van der Waals surface area contributed by atoms with Crippen LogP contribution in [-0.4, -0.2) is 112 Å². The topological polar surface area (TPSA) is 193 Å². The van der Waals surface area contributed by atoms with Crippen molar-refractivity contribution >= 4 is 73.6 Å². The van der Waals surface area contributed by atoms with Crippen LogP contribution >= 0.6 is 0 Å². The Hall–Kier alpha value is -8.61. The lowest BCUT2D eigenvalue weighted by Crippen LogP contribution is -2.35. The third-order valence-electron chi connectivity index (χ3n) is 15.3. The van der Waals surface area contributed by atoms with Gasteiger partial charge in [-0.1, -0.05) is 121 Å². The highest BCUT2D eigenvalue weighted by Gasteiger charge is 2.24. The van der Waals surface area contributed by atoms with E-state index in [0.29, 0.717) is 40.7 Å². The number of hydrogen-bond acceptors (Lipinski definition) is 12. The molecule has 17 nitrogen and oxygen atoms in total. The fraction of sp³-hybridized carbons (Fsp3) is 0.338. The number of methoxy groups -OCH3 is 2. The van der Waals surface area contributed by atoms with Crippen LogP contribution in [0, 0.1) is 0 Å². The van der Waals surface area contributed by atoms with Crippen LogP contribution in [0.3, 0.4) is 0 Å². The number of fused-ring (bicyclic) bond motifs is 2. The Morgan fingerprint density at radius 2 is 0.871 bits per heavy atom. The number of carbonyl (C=O) groups is 3. The van der Waals surface area contributed by atoms with Gasteiger partial charge >= 0.3 is 12.1 Å². The summed E-state index contributed by atoms with van der Waals surface area (Å²) in [5.41, 5.74) is 11.7. The molecule has 0 unspecified atom stereocenters. The van der Waals surface area contributed by atoms with Crippen molar-refractivity contribution in [2.24, 2.45) is 0 Å². The predicted molar refractivity (Wildman–Crippen MR) is 344 cm³/mol. The fourth-order valence-corrected chi connectivity index (χ4v) is 10.5. The molecule has 0 saturated carbocycles. The normalized spacial score (nSPS) is 14.0. The number of amides is 5. The number of urea groups is 2. The molecule has 444 valence electrons. The first-order valence-electron chi connectivity index (χ1n) is 29.1. The van der Waals surface area contributed by atoms with Crippen LogP contribution in [0.15, 0.2) is 134 Å². The van der Waals surface area contributed by atoms with Crippen molar-refractivity contribution in [1.29, 1.82) is 0 Å². The number of hydrogen-bond donors (Lipinski definition) is 6. The lowest BCUT2D eigenvalue weighted by Gasteiger charge is -2.26. The maximum Gasteiger partial charge on any atom is 0.323 e. The van der Waals surface area contributed by atoms with E-state index in [2.05, 4.69) is 120 Å². The van der Waals surface area contributed by atoms with E-state index in [0.717, 1.165) is 143 Å². The highest BCUT2D eigenvalue weighted by molar-refractivity contribution is 6.12. The van der Waals surface area contributed by atoms with Gasteiger partial charge in [-0.25, -0.2) is 9.59 Å². The van der Waals surface area contributed by atoms with Crippen molar-refractivity contribution in [2.45, 2.75) is 78.8 Å². The highest BCUT2D eigenvalue weighted by atomic mass is 16.5. The number of nitrogens with zero attached hydrogens (tertiary/aromatic N) is 4. The van der Waals surface area contributed by atoms with Gasteiger partial charge in [0.25, 0.3) is 0 Å². The maximum atomic E-state index is 13.4. The van der Waals surface area contributed by atoms with E-state index in [1.807, 2.05) is 104 Å². The van der Waals surface area contributed by atoms with Crippen molar-refractivity contribution in [2.75, 3.05) is 106 Å². The second kappa shape index (κ2) is 27.4. The van der Waals surface area contributed by atoms with E-state index in [9.17, 15) is 14.4 Å². The minimum atomic E-state index is -0.422.